The molecule has 174 valence electrons. The summed E-state index contributed by atoms with van der Waals surface area (Å²) >= 11 is 0. The molecule has 3 rings (SSSR count). The minimum Gasteiger partial charge on any atom is -0.307 e. The van der Waals surface area contributed by atoms with Crippen LogP contribution in [0.5, 0.6) is 0 Å². The van der Waals surface area contributed by atoms with Gasteiger partial charge in [-0.1, -0.05) is 6.07 Å². The molecule has 0 radical (unpaired) electrons. The van der Waals surface area contributed by atoms with Crippen molar-refractivity contribution in [3.8, 4) is 0 Å². The Balaban J connectivity index is 2.01. The second-order valence-electron chi connectivity index (χ2n) is 9.57. The van der Waals surface area contributed by atoms with Crippen molar-refractivity contribution in [1.29, 1.82) is 0 Å². The molecule has 1 saturated carbocycles. The van der Waals surface area contributed by atoms with Crippen molar-refractivity contribution < 1.29 is 26.5 Å². The SMILES string of the molecule is CC(C)(C)S(=O)(=O)N[C@]1(CNCC(F)(F)F)[C@@H]2CC[C@H]1Cc1cc([N+](=O)[O-])ccc1C2. The van der Waals surface area contributed by atoms with E-state index in [0.29, 0.717) is 25.7 Å². The first kappa shape index (κ1) is 23.9. The number of hydrogen-bond donors (Lipinski definition) is 2. The van der Waals surface area contributed by atoms with E-state index in [1.807, 2.05) is 0 Å². The number of hydrogen-bond acceptors (Lipinski definition) is 5. The average Bonchev–Trinajstić information content (AvgIpc) is 2.82. The van der Waals surface area contributed by atoms with Crippen LogP contribution in [0.1, 0.15) is 44.7 Å². The average molecular weight is 464 g/mol. The highest BCUT2D eigenvalue weighted by atomic mass is 32.2. The third kappa shape index (κ3) is 4.88. The van der Waals surface area contributed by atoms with Crippen LogP contribution in [0.15, 0.2) is 18.2 Å². The predicted molar refractivity (Wildman–Crippen MR) is 110 cm³/mol. The number of nitrogens with one attached hydrogen (secondary N) is 2. The molecule has 2 bridgehead atoms. The van der Waals surface area contributed by atoms with Gasteiger partial charge < -0.3 is 5.32 Å². The molecule has 7 nitrogen and oxygen atoms in total. The molecule has 0 spiro atoms. The van der Waals surface area contributed by atoms with Crippen molar-refractivity contribution in [2.45, 2.75) is 62.9 Å². The van der Waals surface area contributed by atoms with E-state index in [9.17, 15) is 31.7 Å². The highest BCUT2D eigenvalue weighted by Crippen LogP contribution is 2.48. The number of rotatable bonds is 6. The fourth-order valence-corrected chi connectivity index (χ4v) is 5.98. The Bertz CT molecular complexity index is 959. The maximum absolute atomic E-state index is 13.1. The van der Waals surface area contributed by atoms with Crippen molar-refractivity contribution in [3.63, 3.8) is 0 Å². The van der Waals surface area contributed by atoms with Crippen LogP contribution >= 0.6 is 0 Å². The highest BCUT2D eigenvalue weighted by Gasteiger charge is 2.54. The van der Waals surface area contributed by atoms with Gasteiger partial charge in [-0.3, -0.25) is 10.1 Å². The number of sulfonamides is 1. The zero-order valence-corrected chi connectivity index (χ0v) is 18.6. The Morgan fingerprint density at radius 3 is 2.23 bits per heavy atom. The molecule has 0 unspecified atom stereocenters. The highest BCUT2D eigenvalue weighted by molar-refractivity contribution is 7.90. The van der Waals surface area contributed by atoms with Crippen LogP contribution in [0.3, 0.4) is 0 Å². The molecule has 1 fully saturated rings. The molecule has 11 heteroatoms. The lowest BCUT2D eigenvalue weighted by molar-refractivity contribution is -0.384. The summed E-state index contributed by atoms with van der Waals surface area (Å²) in [4.78, 5) is 10.7. The molecule has 31 heavy (non-hydrogen) atoms. The smallest absolute Gasteiger partial charge is 0.307 e. The number of nitro groups is 1. The molecule has 0 aliphatic heterocycles. The molecule has 0 aromatic heterocycles. The normalized spacial score (nSPS) is 26.4. The molecule has 2 aliphatic carbocycles. The van der Waals surface area contributed by atoms with Crippen LogP contribution in [0.25, 0.3) is 0 Å². The number of benzene rings is 1. The van der Waals surface area contributed by atoms with Gasteiger partial charge in [-0.25, -0.2) is 13.1 Å². The Morgan fingerprint density at radius 2 is 1.71 bits per heavy atom. The summed E-state index contributed by atoms with van der Waals surface area (Å²) in [7, 11) is -3.85. The zero-order valence-electron chi connectivity index (χ0n) is 17.8. The first-order valence-electron chi connectivity index (χ1n) is 10.2. The van der Waals surface area contributed by atoms with Crippen molar-refractivity contribution in [3.05, 3.63) is 39.4 Å². The van der Waals surface area contributed by atoms with Crippen LogP contribution in [0.2, 0.25) is 0 Å². The maximum atomic E-state index is 13.1. The Kier molecular flexibility index (Phi) is 6.18. The van der Waals surface area contributed by atoms with Gasteiger partial charge in [0.25, 0.3) is 5.69 Å². The van der Waals surface area contributed by atoms with Gasteiger partial charge in [-0.2, -0.15) is 13.2 Å². The van der Waals surface area contributed by atoms with Crippen LogP contribution in [-0.4, -0.2) is 42.9 Å². The van der Waals surface area contributed by atoms with E-state index in [1.54, 1.807) is 26.8 Å². The number of alkyl halides is 3. The minimum absolute atomic E-state index is 0.0485. The Labute approximate surface area is 180 Å². The van der Waals surface area contributed by atoms with Crippen LogP contribution in [0.4, 0.5) is 18.9 Å². The summed E-state index contributed by atoms with van der Waals surface area (Å²) in [6, 6.07) is 4.60. The molecule has 0 amide bonds. The largest absolute Gasteiger partial charge is 0.401 e. The van der Waals surface area contributed by atoms with Gasteiger partial charge in [0.15, 0.2) is 0 Å². The van der Waals surface area contributed by atoms with E-state index in [-0.39, 0.29) is 24.1 Å². The van der Waals surface area contributed by atoms with E-state index < -0.39 is 38.0 Å². The van der Waals surface area contributed by atoms with Gasteiger partial charge in [-0.15, -0.1) is 0 Å². The molecule has 2 aliphatic rings. The minimum atomic E-state index is -4.42. The molecule has 0 heterocycles. The van der Waals surface area contributed by atoms with E-state index in [2.05, 4.69) is 10.0 Å². The third-order valence-electron chi connectivity index (χ3n) is 6.53. The fourth-order valence-electron chi connectivity index (χ4n) is 4.77. The molecule has 1 aromatic carbocycles. The summed E-state index contributed by atoms with van der Waals surface area (Å²) in [6.45, 7) is 3.26. The quantitative estimate of drug-likeness (QED) is 0.498. The van der Waals surface area contributed by atoms with Gasteiger partial charge in [0.05, 0.1) is 21.8 Å². The first-order valence-corrected chi connectivity index (χ1v) is 11.7. The molecule has 1 aromatic rings. The van der Waals surface area contributed by atoms with Crippen molar-refractivity contribution >= 4 is 15.7 Å². The molecular weight excluding hydrogens is 435 g/mol. The molecule has 0 saturated heterocycles. The van der Waals surface area contributed by atoms with Crippen LogP contribution < -0.4 is 10.0 Å². The first-order chi connectivity index (χ1) is 14.1. The number of non-ortho nitro benzene ring substituents is 1. The second-order valence-corrected chi connectivity index (χ2v) is 12.0. The van der Waals surface area contributed by atoms with E-state index in [4.69, 9.17) is 0 Å². The summed E-state index contributed by atoms with van der Waals surface area (Å²) in [6.07, 6.45) is -2.30. The fraction of sp³-hybridized carbons (Fsp3) is 0.700. The second kappa shape index (κ2) is 8.00. The standard InChI is InChI=1S/C20H28F3N3O4S/c1-18(2,3)31(29,30)25-19(11-24-12-20(21,22)23)15-5-6-16(19)9-14-10-17(26(27)28)7-4-13(14)8-15/h4,7,10,15-16,24-25H,5-6,8-9,11-12H2,1-3H3/t15-,16+,19-/m1/s1. The molecule has 3 atom stereocenters. The number of nitro benzene ring substituents is 1. The van der Waals surface area contributed by atoms with E-state index >= 15 is 0 Å². The third-order valence-corrected chi connectivity index (χ3v) is 8.79. The van der Waals surface area contributed by atoms with Gasteiger partial charge in [0.1, 0.15) is 0 Å². The monoisotopic (exact) mass is 463 g/mol. The summed E-state index contributed by atoms with van der Waals surface area (Å²) < 4.78 is 66.3. The van der Waals surface area contributed by atoms with Crippen LogP contribution in [0, 0.1) is 22.0 Å². The van der Waals surface area contributed by atoms with E-state index in [0.717, 1.165) is 11.1 Å². The Morgan fingerprint density at radius 1 is 1.13 bits per heavy atom. The molecule has 2 N–H and O–H groups in total. The van der Waals surface area contributed by atoms with Crippen LogP contribution in [-0.2, 0) is 22.9 Å². The molecular formula is C20H28F3N3O4S. The van der Waals surface area contributed by atoms with E-state index in [1.165, 1.54) is 12.1 Å². The predicted octanol–water partition coefficient (Wildman–Crippen LogP) is 3.33. The Hall–Kier alpha value is -1.72. The topological polar surface area (TPSA) is 101 Å². The van der Waals surface area contributed by atoms with Gasteiger partial charge in [0.2, 0.25) is 10.0 Å². The van der Waals surface area contributed by atoms with Crippen molar-refractivity contribution in [1.82, 2.24) is 10.0 Å². The number of nitrogens with zero attached hydrogens (tertiary/aromatic N) is 1. The number of fused-ring (bicyclic) bond motifs is 3. The summed E-state index contributed by atoms with van der Waals surface area (Å²) in [5.41, 5.74) is 0.489. The summed E-state index contributed by atoms with van der Waals surface area (Å²) in [5.74, 6) is -0.503. The number of halogens is 3. The zero-order chi connectivity index (χ0) is 23.2. The lowest BCUT2D eigenvalue weighted by atomic mass is 9.79. The lowest BCUT2D eigenvalue weighted by Gasteiger charge is -2.42. The van der Waals surface area contributed by atoms with Gasteiger partial charge in [0, 0.05) is 18.7 Å². The summed E-state index contributed by atoms with van der Waals surface area (Å²) in [5, 5.41) is 13.6. The van der Waals surface area contributed by atoms with Crippen molar-refractivity contribution in [2.75, 3.05) is 13.1 Å². The lowest BCUT2D eigenvalue weighted by Crippen LogP contribution is -2.63. The van der Waals surface area contributed by atoms with Crippen molar-refractivity contribution in [2.24, 2.45) is 11.8 Å². The maximum Gasteiger partial charge on any atom is 0.401 e. The van der Waals surface area contributed by atoms with Gasteiger partial charge in [-0.05, 0) is 69.4 Å². The van der Waals surface area contributed by atoms with Gasteiger partial charge >= 0.3 is 6.18 Å².